The quantitative estimate of drug-likeness (QED) is 0.798. The molecule has 0 heterocycles. The summed E-state index contributed by atoms with van der Waals surface area (Å²) in [5, 5.41) is 12.6. The van der Waals surface area contributed by atoms with Crippen molar-refractivity contribution in [3.05, 3.63) is 29.6 Å². The third kappa shape index (κ3) is 3.91. The molecule has 2 unspecified atom stereocenters. The fraction of sp³-hybridized carbons (Fsp3) is 0.600. The van der Waals surface area contributed by atoms with Crippen molar-refractivity contribution in [1.82, 2.24) is 5.32 Å². The molecule has 0 aliphatic heterocycles. The van der Waals surface area contributed by atoms with Crippen LogP contribution in [0.1, 0.15) is 38.8 Å². The second-order valence-electron chi connectivity index (χ2n) is 4.99. The van der Waals surface area contributed by atoms with Crippen LogP contribution in [-0.4, -0.2) is 31.3 Å². The zero-order valence-electron chi connectivity index (χ0n) is 12.3. The van der Waals surface area contributed by atoms with Crippen LogP contribution in [0.15, 0.2) is 18.2 Å². The zero-order valence-corrected chi connectivity index (χ0v) is 12.3. The molecule has 1 aromatic rings. The highest BCUT2D eigenvalue weighted by Crippen LogP contribution is 2.29. The van der Waals surface area contributed by atoms with Crippen LogP contribution in [-0.2, 0) is 0 Å². The summed E-state index contributed by atoms with van der Waals surface area (Å²) in [6, 6.07) is 5.00. The van der Waals surface area contributed by atoms with Crippen LogP contribution in [0, 0.1) is 5.82 Å². The van der Waals surface area contributed by atoms with E-state index in [0.29, 0.717) is 5.56 Å². The maximum Gasteiger partial charge on any atom is 0.130 e. The SMILES string of the molecule is CCCNC(C)c1c(F)cccc1N(C)C(C)CO. The predicted octanol–water partition coefficient (Wildman–Crippen LogP) is 2.70. The summed E-state index contributed by atoms with van der Waals surface area (Å²) < 4.78 is 14.1. The van der Waals surface area contributed by atoms with Gasteiger partial charge in [0.25, 0.3) is 0 Å². The smallest absolute Gasteiger partial charge is 0.130 e. The van der Waals surface area contributed by atoms with Gasteiger partial charge in [0.2, 0.25) is 0 Å². The second-order valence-corrected chi connectivity index (χ2v) is 4.99. The Hall–Kier alpha value is -1.13. The molecular formula is C15H25FN2O. The van der Waals surface area contributed by atoms with Gasteiger partial charge in [-0.2, -0.15) is 0 Å². The van der Waals surface area contributed by atoms with E-state index in [2.05, 4.69) is 12.2 Å². The Balaban J connectivity index is 3.07. The minimum Gasteiger partial charge on any atom is -0.394 e. The number of nitrogens with zero attached hydrogens (tertiary/aromatic N) is 1. The summed E-state index contributed by atoms with van der Waals surface area (Å²) in [7, 11) is 1.88. The van der Waals surface area contributed by atoms with E-state index in [4.69, 9.17) is 0 Å². The number of rotatable bonds is 7. The first kappa shape index (κ1) is 15.9. The lowest BCUT2D eigenvalue weighted by atomic mass is 10.0. The van der Waals surface area contributed by atoms with Gasteiger partial charge in [0, 0.05) is 30.4 Å². The minimum absolute atomic E-state index is 0.0427. The largest absolute Gasteiger partial charge is 0.394 e. The van der Waals surface area contributed by atoms with Gasteiger partial charge < -0.3 is 15.3 Å². The van der Waals surface area contributed by atoms with Crippen molar-refractivity contribution in [2.24, 2.45) is 0 Å². The van der Waals surface area contributed by atoms with Crippen molar-refractivity contribution >= 4 is 5.69 Å². The number of likely N-dealkylation sites (N-methyl/N-ethyl adjacent to an activating group) is 1. The molecule has 108 valence electrons. The fourth-order valence-electron chi connectivity index (χ4n) is 2.08. The van der Waals surface area contributed by atoms with Crippen LogP contribution in [0.5, 0.6) is 0 Å². The molecule has 1 aromatic carbocycles. The van der Waals surface area contributed by atoms with E-state index in [-0.39, 0.29) is 24.5 Å². The Labute approximate surface area is 115 Å². The van der Waals surface area contributed by atoms with E-state index in [9.17, 15) is 9.50 Å². The van der Waals surface area contributed by atoms with Crippen molar-refractivity contribution in [3.8, 4) is 0 Å². The third-order valence-corrected chi connectivity index (χ3v) is 3.47. The molecule has 3 nitrogen and oxygen atoms in total. The van der Waals surface area contributed by atoms with E-state index in [0.717, 1.165) is 18.7 Å². The number of nitrogens with one attached hydrogen (secondary N) is 1. The lowest BCUT2D eigenvalue weighted by molar-refractivity contribution is 0.270. The first-order valence-corrected chi connectivity index (χ1v) is 6.88. The van der Waals surface area contributed by atoms with Gasteiger partial charge in [-0.15, -0.1) is 0 Å². The molecule has 0 saturated heterocycles. The first-order valence-electron chi connectivity index (χ1n) is 6.88. The van der Waals surface area contributed by atoms with Crippen LogP contribution in [0.4, 0.5) is 10.1 Å². The van der Waals surface area contributed by atoms with Crippen molar-refractivity contribution in [2.75, 3.05) is 25.1 Å². The Morgan fingerprint density at radius 2 is 2.05 bits per heavy atom. The Morgan fingerprint density at radius 3 is 2.63 bits per heavy atom. The normalized spacial score (nSPS) is 14.2. The molecule has 0 radical (unpaired) electrons. The molecule has 0 bridgehead atoms. The maximum atomic E-state index is 14.1. The van der Waals surface area contributed by atoms with E-state index < -0.39 is 0 Å². The number of aliphatic hydroxyl groups is 1. The van der Waals surface area contributed by atoms with Gasteiger partial charge in [-0.1, -0.05) is 13.0 Å². The van der Waals surface area contributed by atoms with Gasteiger partial charge in [-0.25, -0.2) is 4.39 Å². The number of halogens is 1. The van der Waals surface area contributed by atoms with Crippen molar-refractivity contribution in [1.29, 1.82) is 0 Å². The highest BCUT2D eigenvalue weighted by atomic mass is 19.1. The van der Waals surface area contributed by atoms with Gasteiger partial charge in [0.1, 0.15) is 5.82 Å². The minimum atomic E-state index is -0.203. The first-order chi connectivity index (χ1) is 9.02. The second kappa shape index (κ2) is 7.46. The van der Waals surface area contributed by atoms with Crippen LogP contribution in [0.25, 0.3) is 0 Å². The van der Waals surface area contributed by atoms with Crippen LogP contribution >= 0.6 is 0 Å². The standard InChI is InChI=1S/C15H25FN2O/c1-5-9-17-12(3)15-13(16)7-6-8-14(15)18(4)11(2)10-19/h6-8,11-12,17,19H,5,9-10H2,1-4H3. The highest BCUT2D eigenvalue weighted by molar-refractivity contribution is 5.55. The van der Waals surface area contributed by atoms with Crippen molar-refractivity contribution < 1.29 is 9.50 Å². The summed E-state index contributed by atoms with van der Waals surface area (Å²) in [6.45, 7) is 6.87. The van der Waals surface area contributed by atoms with Crippen LogP contribution < -0.4 is 10.2 Å². The average Bonchev–Trinajstić information content (AvgIpc) is 2.42. The maximum absolute atomic E-state index is 14.1. The molecule has 0 saturated carbocycles. The number of anilines is 1. The number of benzene rings is 1. The summed E-state index contributed by atoms with van der Waals surface area (Å²) in [4.78, 5) is 1.92. The molecule has 2 atom stereocenters. The Kier molecular flexibility index (Phi) is 6.25. The molecule has 2 N–H and O–H groups in total. The molecule has 1 rings (SSSR count). The summed E-state index contributed by atoms with van der Waals surface area (Å²) in [5.41, 5.74) is 1.50. The van der Waals surface area contributed by atoms with E-state index >= 15 is 0 Å². The van der Waals surface area contributed by atoms with E-state index in [1.165, 1.54) is 6.07 Å². The molecule has 0 amide bonds. The lowest BCUT2D eigenvalue weighted by Gasteiger charge is -2.30. The molecule has 0 spiro atoms. The van der Waals surface area contributed by atoms with E-state index in [1.54, 1.807) is 6.07 Å². The topological polar surface area (TPSA) is 35.5 Å². The van der Waals surface area contributed by atoms with E-state index in [1.807, 2.05) is 31.9 Å². The number of hydrogen-bond donors (Lipinski definition) is 2. The van der Waals surface area contributed by atoms with Gasteiger partial charge in [-0.05, 0) is 38.9 Å². The van der Waals surface area contributed by atoms with Crippen molar-refractivity contribution in [2.45, 2.75) is 39.3 Å². The van der Waals surface area contributed by atoms with Gasteiger partial charge in [-0.3, -0.25) is 0 Å². The van der Waals surface area contributed by atoms with Gasteiger partial charge >= 0.3 is 0 Å². The Bertz CT molecular complexity index is 398. The van der Waals surface area contributed by atoms with Crippen LogP contribution in [0.3, 0.4) is 0 Å². The fourth-order valence-corrected chi connectivity index (χ4v) is 2.08. The average molecular weight is 268 g/mol. The summed E-state index contributed by atoms with van der Waals surface area (Å²) in [5.74, 6) is -0.203. The monoisotopic (exact) mass is 268 g/mol. The molecule has 19 heavy (non-hydrogen) atoms. The molecule has 0 aliphatic carbocycles. The molecule has 4 heteroatoms. The number of aliphatic hydroxyl groups excluding tert-OH is 1. The molecule has 0 aliphatic rings. The predicted molar refractivity (Wildman–Crippen MR) is 78.1 cm³/mol. The molecular weight excluding hydrogens is 243 g/mol. The Morgan fingerprint density at radius 1 is 1.37 bits per heavy atom. The lowest BCUT2D eigenvalue weighted by Crippen LogP contribution is -2.34. The summed E-state index contributed by atoms with van der Waals surface area (Å²) >= 11 is 0. The van der Waals surface area contributed by atoms with Gasteiger partial charge in [0.15, 0.2) is 0 Å². The molecule has 0 fully saturated rings. The zero-order chi connectivity index (χ0) is 14.4. The summed E-state index contributed by atoms with van der Waals surface area (Å²) in [6.07, 6.45) is 1.01. The van der Waals surface area contributed by atoms with Crippen LogP contribution in [0.2, 0.25) is 0 Å². The van der Waals surface area contributed by atoms with Crippen molar-refractivity contribution in [3.63, 3.8) is 0 Å². The molecule has 0 aromatic heterocycles. The van der Waals surface area contributed by atoms with Gasteiger partial charge in [0.05, 0.1) is 6.61 Å². The number of hydrogen-bond acceptors (Lipinski definition) is 3. The highest BCUT2D eigenvalue weighted by Gasteiger charge is 2.19. The third-order valence-electron chi connectivity index (χ3n) is 3.47.